The van der Waals surface area contributed by atoms with E-state index in [2.05, 4.69) is 64.1 Å². The number of nitrogens with one attached hydrogen (secondary N) is 2. The number of rotatable bonds is 11. The van der Waals surface area contributed by atoms with E-state index in [1.54, 1.807) is 18.5 Å². The summed E-state index contributed by atoms with van der Waals surface area (Å²) in [5, 5.41) is 11.1. The molecular weight excluding hydrogens is 764 g/mol. The summed E-state index contributed by atoms with van der Waals surface area (Å²) in [6.45, 7) is 11.6. The van der Waals surface area contributed by atoms with Crippen LogP contribution in [0.5, 0.6) is 5.75 Å². The molecule has 14 nitrogen and oxygen atoms in total. The quantitative estimate of drug-likeness (QED) is 0.201. The second-order valence-electron chi connectivity index (χ2n) is 18.0. The number of aromatic amines is 1. The number of amides is 3. The average Bonchev–Trinajstić information content (AvgIpc) is 3.96. The third-order valence-corrected chi connectivity index (χ3v) is 14.1. The molecule has 2 aromatic heterocycles. The minimum absolute atomic E-state index is 0.0470. The molecule has 5 fully saturated rings. The van der Waals surface area contributed by atoms with Gasteiger partial charge in [-0.2, -0.15) is 5.10 Å². The maximum atomic E-state index is 16.0. The first-order chi connectivity index (χ1) is 29.2. The minimum atomic E-state index is -0.753. The number of hydrogen-bond acceptors (Lipinski definition) is 11. The Balaban J connectivity index is 0.665. The van der Waals surface area contributed by atoms with Crippen molar-refractivity contribution in [2.24, 2.45) is 17.8 Å². The molecule has 2 aliphatic carbocycles. The average molecular weight is 819 g/mol. The molecule has 60 heavy (non-hydrogen) atoms. The number of carbonyl (C=O) groups is 3. The number of benzene rings is 2. The number of halogens is 1. The Morgan fingerprint density at radius 3 is 2.20 bits per heavy atom. The van der Waals surface area contributed by atoms with Crippen molar-refractivity contribution in [2.45, 2.75) is 77.0 Å². The van der Waals surface area contributed by atoms with Crippen LogP contribution in [0.4, 0.5) is 15.9 Å². The van der Waals surface area contributed by atoms with Crippen LogP contribution in [0.3, 0.4) is 0 Å². The highest BCUT2D eigenvalue weighted by molar-refractivity contribution is 6.05. The second kappa shape index (κ2) is 16.4. The SMILES string of the molecule is CC(Oc1ccc2[nH]nc(-c3cc(N4CCN(CC5CCC(CN6CCN(c7ccc8c(c7F)CN(C7CCC(=O)NC7=O)C8=O)CC6)CC5)CC4)ncn3)c2c1)C1CC1. The number of anilines is 2. The highest BCUT2D eigenvalue weighted by atomic mass is 19.1. The fraction of sp³-hybridized carbons (Fsp3) is 0.556. The monoisotopic (exact) mass is 818 g/mol. The summed E-state index contributed by atoms with van der Waals surface area (Å²) in [5.41, 5.74) is 3.78. The van der Waals surface area contributed by atoms with Crippen molar-refractivity contribution in [2.75, 3.05) is 75.2 Å². The summed E-state index contributed by atoms with van der Waals surface area (Å²) in [4.78, 5) is 57.6. The molecule has 3 saturated heterocycles. The number of H-pyrrole nitrogens is 1. The highest BCUT2D eigenvalue weighted by Gasteiger charge is 2.41. The second-order valence-corrected chi connectivity index (χ2v) is 18.0. The topological polar surface area (TPSA) is 143 Å². The van der Waals surface area contributed by atoms with Crippen LogP contribution in [-0.4, -0.2) is 130 Å². The van der Waals surface area contributed by atoms with E-state index in [1.807, 2.05) is 12.1 Å². The third kappa shape index (κ3) is 7.93. The van der Waals surface area contributed by atoms with Crippen LogP contribution in [0.25, 0.3) is 22.3 Å². The Morgan fingerprint density at radius 2 is 1.52 bits per heavy atom. The summed E-state index contributed by atoms with van der Waals surface area (Å²) < 4.78 is 22.2. The first kappa shape index (κ1) is 39.0. The lowest BCUT2D eigenvalue weighted by atomic mass is 9.81. The molecule has 2 N–H and O–H groups in total. The van der Waals surface area contributed by atoms with Crippen LogP contribution in [0, 0.1) is 23.6 Å². The molecule has 10 rings (SSSR count). The van der Waals surface area contributed by atoms with Gasteiger partial charge < -0.3 is 19.4 Å². The van der Waals surface area contributed by atoms with E-state index < -0.39 is 11.9 Å². The van der Waals surface area contributed by atoms with Crippen molar-refractivity contribution in [3.63, 3.8) is 0 Å². The van der Waals surface area contributed by atoms with E-state index in [4.69, 9.17) is 4.74 Å². The van der Waals surface area contributed by atoms with E-state index in [0.717, 1.165) is 105 Å². The van der Waals surface area contributed by atoms with Gasteiger partial charge in [-0.25, -0.2) is 14.4 Å². The Hall–Kier alpha value is -5.15. The molecule has 0 radical (unpaired) electrons. The smallest absolute Gasteiger partial charge is 0.255 e. The molecule has 0 spiro atoms. The van der Waals surface area contributed by atoms with Gasteiger partial charge in [0, 0.05) is 94.4 Å². The molecule has 316 valence electrons. The summed E-state index contributed by atoms with van der Waals surface area (Å²) in [6, 6.07) is 10.9. The maximum Gasteiger partial charge on any atom is 0.255 e. The Morgan fingerprint density at radius 1 is 0.817 bits per heavy atom. The zero-order valence-electron chi connectivity index (χ0n) is 34.5. The molecule has 2 unspecified atom stereocenters. The van der Waals surface area contributed by atoms with Crippen molar-refractivity contribution < 1.29 is 23.5 Å². The molecule has 4 aliphatic heterocycles. The predicted molar refractivity (Wildman–Crippen MR) is 225 cm³/mol. The normalized spacial score (nSPS) is 24.9. The first-order valence-electron chi connectivity index (χ1n) is 22.1. The Kier molecular flexibility index (Phi) is 10.6. The predicted octanol–water partition coefficient (Wildman–Crippen LogP) is 4.85. The summed E-state index contributed by atoms with van der Waals surface area (Å²) in [6.07, 6.45) is 9.83. The molecule has 6 heterocycles. The zero-order valence-corrected chi connectivity index (χ0v) is 34.5. The van der Waals surface area contributed by atoms with Crippen LogP contribution in [0.1, 0.15) is 74.2 Å². The van der Waals surface area contributed by atoms with E-state index in [9.17, 15) is 14.4 Å². The molecular formula is C45H55FN10O4. The molecule has 2 saturated carbocycles. The molecule has 2 atom stereocenters. The fourth-order valence-electron chi connectivity index (χ4n) is 10.3. The van der Waals surface area contributed by atoms with Crippen LogP contribution < -0.4 is 19.9 Å². The van der Waals surface area contributed by atoms with E-state index in [0.29, 0.717) is 28.7 Å². The van der Waals surface area contributed by atoms with Gasteiger partial charge in [0.15, 0.2) is 5.82 Å². The number of hydrogen-bond donors (Lipinski definition) is 2. The van der Waals surface area contributed by atoms with Gasteiger partial charge in [-0.05, 0) is 100.0 Å². The summed E-state index contributed by atoms with van der Waals surface area (Å²) >= 11 is 0. The van der Waals surface area contributed by atoms with Crippen molar-refractivity contribution in [1.82, 2.24) is 40.2 Å². The standard InChI is InChI=1S/C45H55FN10O4/c1-28(31-6-7-31)60-32-8-10-36-34(22-32)43(51-50-36)37-23-40(48-27-47-37)55-20-16-53(17-21-55)25-30-4-2-29(3-5-30)24-52-14-18-54(19-15-52)38-11-9-33-35(42(38)46)26-56(45(33)59)39-12-13-41(57)49-44(39)58/h8-11,22-23,27-31,39H,2-7,12-21,24-26H2,1H3,(H,50,51)(H,49,57,58). The van der Waals surface area contributed by atoms with Crippen molar-refractivity contribution in [3.05, 3.63) is 59.7 Å². The molecule has 0 bridgehead atoms. The number of carbonyl (C=O) groups excluding carboxylic acids is 3. The van der Waals surface area contributed by atoms with E-state index in [1.165, 1.54) is 43.4 Å². The number of fused-ring (bicyclic) bond motifs is 2. The molecule has 3 amide bonds. The Labute approximate surface area is 349 Å². The van der Waals surface area contributed by atoms with Gasteiger partial charge in [0.1, 0.15) is 29.6 Å². The minimum Gasteiger partial charge on any atom is -0.490 e. The molecule has 4 aromatic rings. The van der Waals surface area contributed by atoms with Gasteiger partial charge in [-0.1, -0.05) is 0 Å². The lowest BCUT2D eigenvalue weighted by Gasteiger charge is -2.40. The van der Waals surface area contributed by atoms with Crippen molar-refractivity contribution in [1.29, 1.82) is 0 Å². The van der Waals surface area contributed by atoms with Crippen molar-refractivity contribution in [3.8, 4) is 17.1 Å². The zero-order chi connectivity index (χ0) is 40.9. The van der Waals surface area contributed by atoms with E-state index >= 15 is 4.39 Å². The summed E-state index contributed by atoms with van der Waals surface area (Å²) in [5.74, 6) is 2.35. The Bertz CT molecular complexity index is 2260. The van der Waals surface area contributed by atoms with Gasteiger partial charge in [-0.3, -0.25) is 34.6 Å². The van der Waals surface area contributed by atoms with Crippen molar-refractivity contribution >= 4 is 40.1 Å². The van der Waals surface area contributed by atoms with Gasteiger partial charge in [0.05, 0.1) is 29.5 Å². The van der Waals surface area contributed by atoms with Crippen LogP contribution in [0.15, 0.2) is 42.7 Å². The lowest BCUT2D eigenvalue weighted by molar-refractivity contribution is -0.136. The number of nitrogens with zero attached hydrogens (tertiary/aromatic N) is 8. The number of imide groups is 1. The van der Waals surface area contributed by atoms with Gasteiger partial charge in [0.2, 0.25) is 11.8 Å². The number of piperazine rings is 2. The largest absolute Gasteiger partial charge is 0.490 e. The van der Waals surface area contributed by atoms with Gasteiger partial charge in [-0.15, -0.1) is 0 Å². The fourth-order valence-corrected chi connectivity index (χ4v) is 10.3. The first-order valence-corrected chi connectivity index (χ1v) is 22.1. The highest BCUT2D eigenvalue weighted by Crippen LogP contribution is 2.37. The number of piperidine rings is 1. The van der Waals surface area contributed by atoms with Gasteiger partial charge >= 0.3 is 0 Å². The molecule has 2 aromatic carbocycles. The van der Waals surface area contributed by atoms with Crippen LogP contribution in [-0.2, 0) is 16.1 Å². The maximum absolute atomic E-state index is 16.0. The lowest BCUT2D eigenvalue weighted by Crippen LogP contribution is -2.52. The van der Waals surface area contributed by atoms with Gasteiger partial charge in [0.25, 0.3) is 5.91 Å². The summed E-state index contributed by atoms with van der Waals surface area (Å²) in [7, 11) is 0. The molecule has 6 aliphatic rings. The van der Waals surface area contributed by atoms with E-state index in [-0.39, 0.29) is 43.1 Å². The van der Waals surface area contributed by atoms with Crippen LogP contribution >= 0.6 is 0 Å². The number of ether oxygens (including phenoxy) is 1. The third-order valence-electron chi connectivity index (χ3n) is 14.1. The number of aromatic nitrogens is 4. The van der Waals surface area contributed by atoms with Crippen LogP contribution in [0.2, 0.25) is 0 Å². The molecule has 15 heteroatoms.